The van der Waals surface area contributed by atoms with Crippen molar-refractivity contribution >= 4 is 34.1 Å². The first kappa shape index (κ1) is 31.4. The van der Waals surface area contributed by atoms with Crippen molar-refractivity contribution in [2.75, 3.05) is 20.8 Å². The second kappa shape index (κ2) is 12.8. The Morgan fingerprint density at radius 2 is 1.95 bits per heavy atom. The molecule has 42 heavy (non-hydrogen) atoms. The predicted molar refractivity (Wildman–Crippen MR) is 166 cm³/mol. The van der Waals surface area contributed by atoms with E-state index in [1.54, 1.807) is 38.5 Å². The minimum absolute atomic E-state index is 0.161. The summed E-state index contributed by atoms with van der Waals surface area (Å²) in [6.07, 6.45) is 1.78. The van der Waals surface area contributed by atoms with Crippen molar-refractivity contribution in [2.24, 2.45) is 11.8 Å². The van der Waals surface area contributed by atoms with Gasteiger partial charge in [-0.3, -0.25) is 4.79 Å². The monoisotopic (exact) mass is 594 g/mol. The van der Waals surface area contributed by atoms with E-state index in [1.807, 2.05) is 39.0 Å². The van der Waals surface area contributed by atoms with Gasteiger partial charge in [0.1, 0.15) is 33.8 Å². The van der Waals surface area contributed by atoms with Gasteiger partial charge in [-0.25, -0.2) is 14.8 Å². The highest BCUT2D eigenvalue weighted by molar-refractivity contribution is 7.13. The zero-order valence-corrected chi connectivity index (χ0v) is 26.6. The van der Waals surface area contributed by atoms with Gasteiger partial charge in [0, 0.05) is 34.2 Å². The number of hydrogen-bond donors (Lipinski definition) is 2. The van der Waals surface area contributed by atoms with Gasteiger partial charge in [-0.15, -0.1) is 17.9 Å². The molecule has 0 saturated heterocycles. The van der Waals surface area contributed by atoms with Crippen LogP contribution in [0.4, 0.5) is 0 Å². The Morgan fingerprint density at radius 1 is 1.21 bits per heavy atom. The number of esters is 1. The standard InChI is InChI=1S/C32H42N4O5S/c1-10-21-15-32(21,31(38)40-11-2)36-29(37)28(33-8)18(5)20(7)41-26-14-23(30-35-24(16-42-30)17(3)4)34-27-19(6)25(39-9)13-12-22(26)27/h10,12-14,16-18,20-21,28,33H,1,11,15H2,2-9H3,(H,36,37). The first-order valence-corrected chi connectivity index (χ1v) is 15.3. The van der Waals surface area contributed by atoms with Crippen LogP contribution in [0.15, 0.2) is 36.2 Å². The van der Waals surface area contributed by atoms with Gasteiger partial charge in [0.25, 0.3) is 0 Å². The van der Waals surface area contributed by atoms with Crippen molar-refractivity contribution < 1.29 is 23.8 Å². The van der Waals surface area contributed by atoms with E-state index in [4.69, 9.17) is 24.2 Å². The fourth-order valence-corrected chi connectivity index (χ4v) is 6.19. The molecule has 1 aromatic carbocycles. The molecule has 1 amide bonds. The minimum atomic E-state index is -1.07. The van der Waals surface area contributed by atoms with Gasteiger partial charge >= 0.3 is 5.97 Å². The largest absolute Gasteiger partial charge is 0.496 e. The zero-order chi connectivity index (χ0) is 30.8. The first-order valence-electron chi connectivity index (χ1n) is 14.4. The fraction of sp³-hybridized carbons (Fsp3) is 0.500. The van der Waals surface area contributed by atoms with Crippen molar-refractivity contribution in [2.45, 2.75) is 71.6 Å². The summed E-state index contributed by atoms with van der Waals surface area (Å²) in [5.41, 5.74) is 2.34. The van der Waals surface area contributed by atoms with E-state index in [-0.39, 0.29) is 30.5 Å². The van der Waals surface area contributed by atoms with Gasteiger partial charge in [0.15, 0.2) is 0 Å². The van der Waals surface area contributed by atoms with Crippen molar-refractivity contribution in [3.05, 3.63) is 47.5 Å². The van der Waals surface area contributed by atoms with Crippen molar-refractivity contribution in [3.8, 4) is 22.2 Å². The highest BCUT2D eigenvalue weighted by atomic mass is 32.1. The van der Waals surface area contributed by atoms with Crippen molar-refractivity contribution in [1.29, 1.82) is 0 Å². The maximum Gasteiger partial charge on any atom is 0.332 e. The third kappa shape index (κ3) is 6.01. The number of pyridine rings is 1. The Bertz CT molecular complexity index is 1470. The molecule has 4 rings (SSSR count). The second-order valence-electron chi connectivity index (χ2n) is 11.2. The molecule has 2 heterocycles. The average Bonchev–Trinajstić information content (AvgIpc) is 3.44. The number of aromatic nitrogens is 2. The lowest BCUT2D eigenvalue weighted by molar-refractivity contribution is -0.149. The van der Waals surface area contributed by atoms with E-state index in [2.05, 4.69) is 36.4 Å². The van der Waals surface area contributed by atoms with E-state index in [1.165, 1.54) is 0 Å². The van der Waals surface area contributed by atoms with E-state index in [0.717, 1.165) is 32.9 Å². The summed E-state index contributed by atoms with van der Waals surface area (Å²) < 4.78 is 17.4. The van der Waals surface area contributed by atoms with Crippen LogP contribution in [-0.4, -0.2) is 60.3 Å². The molecule has 0 spiro atoms. The smallest absolute Gasteiger partial charge is 0.332 e. The van der Waals surface area contributed by atoms with Crippen molar-refractivity contribution in [3.63, 3.8) is 0 Å². The number of hydrogen-bond acceptors (Lipinski definition) is 9. The molecule has 0 aliphatic heterocycles. The lowest BCUT2D eigenvalue weighted by atomic mass is 9.95. The van der Waals surface area contributed by atoms with E-state index in [9.17, 15) is 9.59 Å². The summed E-state index contributed by atoms with van der Waals surface area (Å²) in [5, 5.41) is 9.80. The molecule has 3 aromatic rings. The predicted octanol–water partition coefficient (Wildman–Crippen LogP) is 5.41. The molecule has 9 nitrogen and oxygen atoms in total. The summed E-state index contributed by atoms with van der Waals surface area (Å²) in [6.45, 7) is 15.9. The van der Waals surface area contributed by atoms with E-state index >= 15 is 0 Å². The number of nitrogens with zero attached hydrogens (tertiary/aromatic N) is 2. The van der Waals surface area contributed by atoms with Crippen LogP contribution in [0.25, 0.3) is 21.6 Å². The highest BCUT2D eigenvalue weighted by Gasteiger charge is 2.61. The minimum Gasteiger partial charge on any atom is -0.496 e. The number of benzene rings is 1. The van der Waals surface area contributed by atoms with Gasteiger partial charge in [0.2, 0.25) is 5.91 Å². The number of amides is 1. The summed E-state index contributed by atoms with van der Waals surface area (Å²) >= 11 is 1.55. The Hall–Kier alpha value is -3.50. The van der Waals surface area contributed by atoms with E-state index < -0.39 is 17.6 Å². The molecule has 2 aromatic heterocycles. The molecule has 10 heteroatoms. The number of methoxy groups -OCH3 is 1. The number of carbonyl (C=O) groups is 2. The van der Waals surface area contributed by atoms with Gasteiger partial charge in [-0.05, 0) is 52.3 Å². The number of rotatable bonds is 13. The molecule has 2 N–H and O–H groups in total. The van der Waals surface area contributed by atoms with Crippen molar-refractivity contribution in [1.82, 2.24) is 20.6 Å². The van der Waals surface area contributed by atoms with Gasteiger partial charge in [-0.1, -0.05) is 26.8 Å². The number of fused-ring (bicyclic) bond motifs is 1. The lowest BCUT2D eigenvalue weighted by Gasteiger charge is -2.30. The van der Waals surface area contributed by atoms with Crippen LogP contribution in [0.3, 0.4) is 0 Å². The zero-order valence-electron chi connectivity index (χ0n) is 25.7. The molecular weight excluding hydrogens is 552 g/mol. The third-order valence-corrected chi connectivity index (χ3v) is 9.04. The van der Waals surface area contributed by atoms with Crippen LogP contribution < -0.4 is 20.1 Å². The SMILES string of the molecule is C=CC1CC1(NC(=O)C(NC)C(C)C(C)Oc1cc(-c2nc(C(C)C)cs2)nc2c(C)c(OC)ccc12)C(=O)OCC. The van der Waals surface area contributed by atoms with Crippen LogP contribution in [0, 0.1) is 18.8 Å². The number of likely N-dealkylation sites (N-methyl/N-ethyl adjacent to an activating group) is 1. The third-order valence-electron chi connectivity index (χ3n) is 8.16. The normalized spacial score (nSPS) is 20.1. The Morgan fingerprint density at radius 3 is 2.52 bits per heavy atom. The average molecular weight is 595 g/mol. The Balaban J connectivity index is 1.64. The molecule has 1 aliphatic carbocycles. The van der Waals surface area contributed by atoms with Crippen LogP contribution in [0.1, 0.15) is 58.2 Å². The molecule has 1 saturated carbocycles. The highest BCUT2D eigenvalue weighted by Crippen LogP contribution is 2.45. The van der Waals surface area contributed by atoms with Crippen LogP contribution in [-0.2, 0) is 14.3 Å². The number of carbonyl (C=O) groups excluding carboxylic acids is 2. The number of thiazole rings is 1. The molecular formula is C32H42N4O5S. The molecule has 1 fully saturated rings. The van der Waals surface area contributed by atoms with Crippen LogP contribution in [0.2, 0.25) is 0 Å². The maximum absolute atomic E-state index is 13.5. The molecule has 0 radical (unpaired) electrons. The second-order valence-corrected chi connectivity index (χ2v) is 12.1. The lowest BCUT2D eigenvalue weighted by Crippen LogP contribution is -2.56. The summed E-state index contributed by atoms with van der Waals surface area (Å²) in [7, 11) is 3.37. The molecule has 5 unspecified atom stereocenters. The molecule has 226 valence electrons. The maximum atomic E-state index is 13.5. The summed E-state index contributed by atoms with van der Waals surface area (Å²) in [6, 6.07) is 5.15. The number of nitrogens with one attached hydrogen (secondary N) is 2. The van der Waals surface area contributed by atoms with Gasteiger partial charge < -0.3 is 24.8 Å². The van der Waals surface area contributed by atoms with E-state index in [0.29, 0.717) is 23.8 Å². The number of ether oxygens (including phenoxy) is 3. The quantitative estimate of drug-likeness (QED) is 0.200. The first-order chi connectivity index (χ1) is 20.0. The number of aryl methyl sites for hydroxylation is 1. The molecule has 5 atom stereocenters. The Kier molecular flexibility index (Phi) is 9.57. The molecule has 0 bridgehead atoms. The van der Waals surface area contributed by atoms with Crippen LogP contribution in [0.5, 0.6) is 11.5 Å². The Labute approximate surface area is 252 Å². The summed E-state index contributed by atoms with van der Waals surface area (Å²) in [4.78, 5) is 36.0. The topological polar surface area (TPSA) is 112 Å². The fourth-order valence-electron chi connectivity index (χ4n) is 5.25. The van der Waals surface area contributed by atoms with Crippen LogP contribution >= 0.6 is 11.3 Å². The summed E-state index contributed by atoms with van der Waals surface area (Å²) in [5.74, 6) is 0.538. The van der Waals surface area contributed by atoms with Gasteiger partial charge in [0.05, 0.1) is 31.0 Å². The molecule has 1 aliphatic rings. The van der Waals surface area contributed by atoms with Gasteiger partial charge in [-0.2, -0.15) is 0 Å².